The third-order valence-electron chi connectivity index (χ3n) is 2.29. The van der Waals surface area contributed by atoms with Crippen LogP contribution in [0.2, 0.25) is 0 Å². The van der Waals surface area contributed by atoms with E-state index in [2.05, 4.69) is 0 Å². The van der Waals surface area contributed by atoms with Crippen LogP contribution in [0.1, 0.15) is 5.56 Å². The van der Waals surface area contributed by atoms with E-state index >= 15 is 0 Å². The first-order valence-corrected chi connectivity index (χ1v) is 4.53. The van der Waals surface area contributed by atoms with Crippen molar-refractivity contribution >= 4 is 6.08 Å². The highest BCUT2D eigenvalue weighted by Gasteiger charge is 2.20. The molecule has 3 nitrogen and oxygen atoms in total. The minimum atomic E-state index is -0.408. The van der Waals surface area contributed by atoms with E-state index in [-0.39, 0.29) is 13.2 Å². The van der Waals surface area contributed by atoms with Gasteiger partial charge in [-0.25, -0.2) is 0 Å². The van der Waals surface area contributed by atoms with Crippen molar-refractivity contribution in [2.24, 2.45) is 0 Å². The molecule has 1 aromatic rings. The highest BCUT2D eigenvalue weighted by atomic mass is 16.5. The molecular formula is C11H12O3. The quantitative estimate of drug-likeness (QED) is 0.729. The van der Waals surface area contributed by atoms with Gasteiger partial charge in [-0.2, -0.15) is 0 Å². The van der Waals surface area contributed by atoms with Gasteiger partial charge in [-0.1, -0.05) is 18.2 Å². The molecule has 0 saturated carbocycles. The Labute approximate surface area is 82.3 Å². The molecule has 1 aromatic carbocycles. The average Bonchev–Trinajstić information content (AvgIpc) is 2.27. The van der Waals surface area contributed by atoms with Gasteiger partial charge in [0.05, 0.1) is 13.2 Å². The molecule has 1 atom stereocenters. The number of hydrogen-bond acceptors (Lipinski definition) is 3. The van der Waals surface area contributed by atoms with E-state index in [1.54, 1.807) is 0 Å². The Bertz CT molecular complexity index is 357. The number of ether oxygens (including phenoxy) is 1. The predicted octanol–water partition coefficient (Wildman–Crippen LogP) is 0.816. The van der Waals surface area contributed by atoms with Crippen molar-refractivity contribution in [3.63, 3.8) is 0 Å². The maximum Gasteiger partial charge on any atom is 0.145 e. The lowest BCUT2D eigenvalue weighted by Crippen LogP contribution is -2.28. The topological polar surface area (TPSA) is 49.7 Å². The Morgan fingerprint density at radius 1 is 1.21 bits per heavy atom. The minimum absolute atomic E-state index is 0.0838. The number of fused-ring (bicyclic) bond motifs is 1. The Kier molecular flexibility index (Phi) is 2.52. The molecule has 1 heterocycles. The summed E-state index contributed by atoms with van der Waals surface area (Å²) in [6.07, 6.45) is 1.45. The second kappa shape index (κ2) is 3.82. The molecule has 0 spiro atoms. The van der Waals surface area contributed by atoms with Crippen LogP contribution in [-0.2, 0) is 0 Å². The summed E-state index contributed by atoms with van der Waals surface area (Å²) < 4.78 is 5.51. The van der Waals surface area contributed by atoms with E-state index in [4.69, 9.17) is 14.9 Å². The van der Waals surface area contributed by atoms with Crippen LogP contribution < -0.4 is 4.74 Å². The van der Waals surface area contributed by atoms with Crippen LogP contribution in [0.25, 0.3) is 6.08 Å². The Morgan fingerprint density at radius 3 is 2.71 bits per heavy atom. The van der Waals surface area contributed by atoms with Gasteiger partial charge in [0.15, 0.2) is 0 Å². The van der Waals surface area contributed by atoms with E-state index in [1.165, 1.54) is 0 Å². The monoisotopic (exact) mass is 192 g/mol. The molecule has 0 bridgehead atoms. The van der Waals surface area contributed by atoms with Crippen molar-refractivity contribution in [3.05, 3.63) is 35.4 Å². The first kappa shape index (κ1) is 9.24. The molecule has 14 heavy (non-hydrogen) atoms. The summed E-state index contributed by atoms with van der Waals surface area (Å²) in [6.45, 7) is -0.194. The standard InChI is InChI=1S/C11H12O3/c12-6-9-5-8-3-1-2-4-10(8)14-11(9)7-13/h1-5,11-13H,6-7H2. The molecule has 1 aliphatic heterocycles. The van der Waals surface area contributed by atoms with Gasteiger partial charge in [-0.3, -0.25) is 0 Å². The molecule has 0 aromatic heterocycles. The molecule has 1 unspecified atom stereocenters. The van der Waals surface area contributed by atoms with Gasteiger partial charge in [-0.15, -0.1) is 0 Å². The van der Waals surface area contributed by atoms with E-state index in [1.807, 2.05) is 30.3 Å². The summed E-state index contributed by atoms with van der Waals surface area (Å²) in [5.74, 6) is 0.753. The molecule has 2 rings (SSSR count). The van der Waals surface area contributed by atoms with E-state index in [9.17, 15) is 0 Å². The second-order valence-corrected chi connectivity index (χ2v) is 3.20. The van der Waals surface area contributed by atoms with Gasteiger partial charge >= 0.3 is 0 Å². The number of rotatable bonds is 2. The predicted molar refractivity (Wildman–Crippen MR) is 53.0 cm³/mol. The van der Waals surface area contributed by atoms with Crippen molar-refractivity contribution in [2.45, 2.75) is 6.10 Å². The first-order valence-electron chi connectivity index (χ1n) is 4.53. The van der Waals surface area contributed by atoms with Crippen LogP contribution in [-0.4, -0.2) is 29.5 Å². The zero-order valence-corrected chi connectivity index (χ0v) is 7.68. The van der Waals surface area contributed by atoms with Crippen LogP contribution in [0.4, 0.5) is 0 Å². The summed E-state index contributed by atoms with van der Waals surface area (Å²) in [4.78, 5) is 0. The number of hydrogen-bond donors (Lipinski definition) is 2. The Morgan fingerprint density at radius 2 is 2.00 bits per heavy atom. The molecule has 3 heteroatoms. The van der Waals surface area contributed by atoms with Crippen molar-refractivity contribution in [3.8, 4) is 5.75 Å². The summed E-state index contributed by atoms with van der Waals surface area (Å²) in [6, 6.07) is 7.55. The lowest BCUT2D eigenvalue weighted by molar-refractivity contribution is 0.128. The molecule has 0 radical (unpaired) electrons. The summed E-state index contributed by atoms with van der Waals surface area (Å²) in [5, 5.41) is 18.1. The van der Waals surface area contributed by atoms with Gasteiger partial charge < -0.3 is 14.9 Å². The Hall–Kier alpha value is -1.32. The van der Waals surface area contributed by atoms with Gasteiger partial charge in [0.2, 0.25) is 0 Å². The van der Waals surface area contributed by atoms with Gasteiger partial charge in [0.25, 0.3) is 0 Å². The van der Waals surface area contributed by atoms with Gasteiger partial charge in [0, 0.05) is 5.56 Å². The molecule has 0 fully saturated rings. The maximum atomic E-state index is 9.06. The van der Waals surface area contributed by atoms with Crippen LogP contribution in [0.15, 0.2) is 29.8 Å². The largest absolute Gasteiger partial charge is 0.483 e. The van der Waals surface area contributed by atoms with E-state index < -0.39 is 6.10 Å². The number of aliphatic hydroxyl groups is 2. The maximum absolute atomic E-state index is 9.06. The van der Waals surface area contributed by atoms with Crippen molar-refractivity contribution < 1.29 is 14.9 Å². The lowest BCUT2D eigenvalue weighted by atomic mass is 10.0. The third kappa shape index (κ3) is 1.52. The molecule has 0 aliphatic carbocycles. The first-order chi connectivity index (χ1) is 6.85. The fraction of sp³-hybridized carbons (Fsp3) is 0.273. The molecule has 74 valence electrons. The zero-order chi connectivity index (χ0) is 9.97. The van der Waals surface area contributed by atoms with E-state index in [0.717, 1.165) is 11.3 Å². The van der Waals surface area contributed by atoms with Crippen molar-refractivity contribution in [1.29, 1.82) is 0 Å². The normalized spacial score (nSPS) is 19.6. The van der Waals surface area contributed by atoms with Crippen molar-refractivity contribution in [2.75, 3.05) is 13.2 Å². The van der Waals surface area contributed by atoms with Crippen LogP contribution >= 0.6 is 0 Å². The minimum Gasteiger partial charge on any atom is -0.483 e. The molecule has 1 aliphatic rings. The molecule has 0 saturated heterocycles. The fourth-order valence-electron chi connectivity index (χ4n) is 1.53. The lowest BCUT2D eigenvalue weighted by Gasteiger charge is -2.24. The third-order valence-corrected chi connectivity index (χ3v) is 2.29. The second-order valence-electron chi connectivity index (χ2n) is 3.20. The van der Waals surface area contributed by atoms with Gasteiger partial charge in [0.1, 0.15) is 11.9 Å². The summed E-state index contributed by atoms with van der Waals surface area (Å²) in [7, 11) is 0. The number of para-hydroxylation sites is 1. The fourth-order valence-corrected chi connectivity index (χ4v) is 1.53. The summed E-state index contributed by atoms with van der Waals surface area (Å²) >= 11 is 0. The zero-order valence-electron chi connectivity index (χ0n) is 7.68. The summed E-state index contributed by atoms with van der Waals surface area (Å²) in [5.41, 5.74) is 1.66. The van der Waals surface area contributed by atoms with Crippen LogP contribution in [0, 0.1) is 0 Å². The highest BCUT2D eigenvalue weighted by molar-refractivity contribution is 5.63. The van der Waals surface area contributed by atoms with Crippen molar-refractivity contribution in [1.82, 2.24) is 0 Å². The number of benzene rings is 1. The molecule has 0 amide bonds. The van der Waals surface area contributed by atoms with Crippen LogP contribution in [0.3, 0.4) is 0 Å². The number of aliphatic hydroxyl groups excluding tert-OH is 2. The molecule has 2 N–H and O–H groups in total. The van der Waals surface area contributed by atoms with E-state index in [0.29, 0.717) is 5.57 Å². The molecular weight excluding hydrogens is 180 g/mol. The Balaban J connectivity index is 2.39. The average molecular weight is 192 g/mol. The van der Waals surface area contributed by atoms with Gasteiger partial charge in [-0.05, 0) is 17.7 Å². The highest BCUT2D eigenvalue weighted by Crippen LogP contribution is 2.28. The smallest absolute Gasteiger partial charge is 0.145 e. The SMILES string of the molecule is OCC1=Cc2ccccc2OC1CO. The van der Waals surface area contributed by atoms with Crippen LogP contribution in [0.5, 0.6) is 5.75 Å².